The SMILES string of the molecule is C=C(C#N)C(C#N)c1cccn1-c1ccc(C(F)(F)F)cc1. The van der Waals surface area contributed by atoms with Crippen molar-refractivity contribution < 1.29 is 13.2 Å². The lowest BCUT2D eigenvalue weighted by Gasteiger charge is -2.14. The molecule has 3 nitrogen and oxygen atoms in total. The van der Waals surface area contributed by atoms with E-state index < -0.39 is 17.7 Å². The molecule has 22 heavy (non-hydrogen) atoms. The van der Waals surface area contributed by atoms with E-state index >= 15 is 0 Å². The Bertz CT molecular complexity index is 771. The molecule has 0 fully saturated rings. The van der Waals surface area contributed by atoms with Crippen molar-refractivity contribution in [3.8, 4) is 17.8 Å². The van der Waals surface area contributed by atoms with Crippen LogP contribution in [-0.4, -0.2) is 4.57 Å². The van der Waals surface area contributed by atoms with Gasteiger partial charge in [-0.25, -0.2) is 0 Å². The molecule has 2 aromatic rings. The van der Waals surface area contributed by atoms with E-state index in [0.717, 1.165) is 12.1 Å². The van der Waals surface area contributed by atoms with Gasteiger partial charge in [0.1, 0.15) is 5.92 Å². The summed E-state index contributed by atoms with van der Waals surface area (Å²) in [7, 11) is 0. The molecule has 0 spiro atoms. The van der Waals surface area contributed by atoms with E-state index in [1.807, 2.05) is 12.1 Å². The molecule has 0 bridgehead atoms. The van der Waals surface area contributed by atoms with E-state index in [4.69, 9.17) is 5.26 Å². The number of rotatable bonds is 3. The van der Waals surface area contributed by atoms with Crippen molar-refractivity contribution in [2.24, 2.45) is 0 Å². The van der Waals surface area contributed by atoms with Crippen molar-refractivity contribution in [2.45, 2.75) is 12.1 Å². The van der Waals surface area contributed by atoms with E-state index in [1.165, 1.54) is 12.1 Å². The number of aromatic nitrogens is 1. The van der Waals surface area contributed by atoms with E-state index in [0.29, 0.717) is 11.4 Å². The summed E-state index contributed by atoms with van der Waals surface area (Å²) in [5, 5.41) is 18.1. The van der Waals surface area contributed by atoms with Gasteiger partial charge in [0.25, 0.3) is 0 Å². The zero-order chi connectivity index (χ0) is 16.3. The molecular formula is C16H10F3N3. The molecule has 0 amide bonds. The summed E-state index contributed by atoms with van der Waals surface area (Å²) in [5.41, 5.74) is 0.283. The third-order valence-corrected chi connectivity index (χ3v) is 3.17. The van der Waals surface area contributed by atoms with Crippen molar-refractivity contribution in [3.63, 3.8) is 0 Å². The molecule has 0 aliphatic carbocycles. The highest BCUT2D eigenvalue weighted by molar-refractivity contribution is 5.44. The minimum Gasteiger partial charge on any atom is -0.319 e. The van der Waals surface area contributed by atoms with E-state index in [1.54, 1.807) is 22.9 Å². The molecule has 0 N–H and O–H groups in total. The molecule has 0 radical (unpaired) electrons. The molecule has 2 rings (SSSR count). The van der Waals surface area contributed by atoms with Crippen LogP contribution >= 0.6 is 0 Å². The first-order valence-electron chi connectivity index (χ1n) is 6.22. The monoisotopic (exact) mass is 301 g/mol. The number of nitriles is 2. The first kappa shape index (κ1) is 15.4. The molecule has 1 heterocycles. The standard InChI is InChI=1S/C16H10F3N3/c1-11(9-20)14(10-21)15-3-2-8-22(15)13-6-4-12(5-7-13)16(17,18)19/h2-8,14H,1H2. The van der Waals surface area contributed by atoms with Gasteiger partial charge in [0.15, 0.2) is 0 Å². The van der Waals surface area contributed by atoms with Gasteiger partial charge in [0, 0.05) is 23.2 Å². The van der Waals surface area contributed by atoms with Crippen LogP contribution in [0.4, 0.5) is 13.2 Å². The zero-order valence-electron chi connectivity index (χ0n) is 11.3. The number of nitrogens with zero attached hydrogens (tertiary/aromatic N) is 3. The molecule has 1 unspecified atom stereocenters. The Morgan fingerprint density at radius 2 is 1.77 bits per heavy atom. The van der Waals surface area contributed by atoms with Crippen LogP contribution in [0, 0.1) is 22.7 Å². The second kappa shape index (κ2) is 5.79. The maximum absolute atomic E-state index is 12.6. The Morgan fingerprint density at radius 1 is 1.14 bits per heavy atom. The summed E-state index contributed by atoms with van der Waals surface area (Å²) >= 11 is 0. The van der Waals surface area contributed by atoms with Gasteiger partial charge >= 0.3 is 6.18 Å². The summed E-state index contributed by atoms with van der Waals surface area (Å²) in [5.74, 6) is -0.845. The zero-order valence-corrected chi connectivity index (χ0v) is 11.3. The molecular weight excluding hydrogens is 291 g/mol. The molecule has 1 aromatic heterocycles. The summed E-state index contributed by atoms with van der Waals surface area (Å²) in [6.07, 6.45) is -2.78. The van der Waals surface area contributed by atoms with Crippen LogP contribution in [0.3, 0.4) is 0 Å². The van der Waals surface area contributed by atoms with Gasteiger partial charge in [-0.3, -0.25) is 0 Å². The van der Waals surface area contributed by atoms with Crippen molar-refractivity contribution in [1.29, 1.82) is 10.5 Å². The molecule has 1 aromatic carbocycles. The fourth-order valence-electron chi connectivity index (χ4n) is 2.06. The molecule has 0 aliphatic heterocycles. The molecule has 0 saturated carbocycles. The highest BCUT2D eigenvalue weighted by Gasteiger charge is 2.30. The maximum atomic E-state index is 12.6. The minimum absolute atomic E-state index is 0.0781. The van der Waals surface area contributed by atoms with Crippen molar-refractivity contribution in [3.05, 3.63) is 66.0 Å². The quantitative estimate of drug-likeness (QED) is 0.798. The Morgan fingerprint density at radius 3 is 2.27 bits per heavy atom. The van der Waals surface area contributed by atoms with Crippen LogP contribution in [0.15, 0.2) is 54.7 Å². The number of hydrogen-bond acceptors (Lipinski definition) is 2. The Hall–Kier alpha value is -2.99. The van der Waals surface area contributed by atoms with Gasteiger partial charge in [-0.05, 0) is 36.4 Å². The van der Waals surface area contributed by atoms with Gasteiger partial charge in [-0.1, -0.05) is 6.58 Å². The lowest BCUT2D eigenvalue weighted by molar-refractivity contribution is -0.137. The summed E-state index contributed by atoms with van der Waals surface area (Å²) in [4.78, 5) is 0. The summed E-state index contributed by atoms with van der Waals surface area (Å²) < 4.78 is 39.3. The Kier molecular flexibility index (Phi) is 4.05. The predicted molar refractivity (Wildman–Crippen MR) is 73.9 cm³/mol. The van der Waals surface area contributed by atoms with Gasteiger partial charge in [-0.15, -0.1) is 0 Å². The van der Waals surface area contributed by atoms with Crippen molar-refractivity contribution in [1.82, 2.24) is 4.57 Å². The number of alkyl halides is 3. The fraction of sp³-hybridized carbons (Fsp3) is 0.125. The third kappa shape index (κ3) is 2.87. The van der Waals surface area contributed by atoms with Crippen LogP contribution in [0.25, 0.3) is 5.69 Å². The highest BCUT2D eigenvalue weighted by Crippen LogP contribution is 2.31. The van der Waals surface area contributed by atoms with Crippen LogP contribution in [0.1, 0.15) is 17.2 Å². The minimum atomic E-state index is -4.40. The largest absolute Gasteiger partial charge is 0.416 e. The van der Waals surface area contributed by atoms with E-state index in [-0.39, 0.29) is 5.57 Å². The topological polar surface area (TPSA) is 52.5 Å². The molecule has 6 heteroatoms. The maximum Gasteiger partial charge on any atom is 0.416 e. The summed E-state index contributed by atoms with van der Waals surface area (Å²) in [6.45, 7) is 3.54. The average Bonchev–Trinajstić information content (AvgIpc) is 2.96. The molecule has 0 aliphatic rings. The average molecular weight is 301 g/mol. The van der Waals surface area contributed by atoms with Crippen LogP contribution in [0.2, 0.25) is 0 Å². The van der Waals surface area contributed by atoms with Gasteiger partial charge in [0.05, 0.1) is 17.7 Å². The third-order valence-electron chi connectivity index (χ3n) is 3.17. The van der Waals surface area contributed by atoms with E-state index in [2.05, 4.69) is 6.58 Å². The first-order valence-corrected chi connectivity index (χ1v) is 6.22. The number of benzene rings is 1. The molecule has 0 saturated heterocycles. The lowest BCUT2D eigenvalue weighted by atomic mass is 9.99. The molecule has 1 atom stereocenters. The van der Waals surface area contributed by atoms with Gasteiger partial charge < -0.3 is 4.57 Å². The lowest BCUT2D eigenvalue weighted by Crippen LogP contribution is -2.07. The van der Waals surface area contributed by atoms with Crippen LogP contribution in [0.5, 0.6) is 0 Å². The Labute approximate surface area is 125 Å². The summed E-state index contributed by atoms with van der Waals surface area (Å²) in [6, 6.07) is 11.7. The normalized spacial score (nSPS) is 12.2. The van der Waals surface area contributed by atoms with Crippen molar-refractivity contribution >= 4 is 0 Å². The Balaban J connectivity index is 2.44. The number of hydrogen-bond donors (Lipinski definition) is 0. The molecule has 110 valence electrons. The van der Waals surface area contributed by atoms with Gasteiger partial charge in [0.2, 0.25) is 0 Å². The fourth-order valence-corrected chi connectivity index (χ4v) is 2.06. The van der Waals surface area contributed by atoms with E-state index in [9.17, 15) is 18.4 Å². The van der Waals surface area contributed by atoms with Crippen LogP contribution in [-0.2, 0) is 6.18 Å². The predicted octanol–water partition coefficient (Wildman–Crippen LogP) is 4.18. The second-order valence-corrected chi connectivity index (χ2v) is 4.55. The first-order chi connectivity index (χ1) is 10.4. The highest BCUT2D eigenvalue weighted by atomic mass is 19.4. The van der Waals surface area contributed by atoms with Gasteiger partial charge in [-0.2, -0.15) is 23.7 Å². The van der Waals surface area contributed by atoms with Crippen LogP contribution < -0.4 is 0 Å². The number of allylic oxidation sites excluding steroid dienone is 1. The second-order valence-electron chi connectivity index (χ2n) is 4.55. The number of halogens is 3. The smallest absolute Gasteiger partial charge is 0.319 e. The van der Waals surface area contributed by atoms with Crippen molar-refractivity contribution in [2.75, 3.05) is 0 Å².